The summed E-state index contributed by atoms with van der Waals surface area (Å²) in [5, 5.41) is 0. The van der Waals surface area contributed by atoms with E-state index in [2.05, 4.69) is 155 Å². The van der Waals surface area contributed by atoms with Crippen molar-refractivity contribution in [2.75, 3.05) is 4.90 Å². The molecule has 3 aromatic carbocycles. The summed E-state index contributed by atoms with van der Waals surface area (Å²) in [6.07, 6.45) is 13.9. The number of anilines is 3. The van der Waals surface area contributed by atoms with Crippen LogP contribution < -0.4 is 4.90 Å². The molecule has 0 heterocycles. The molecule has 4 atom stereocenters. The molecule has 0 saturated heterocycles. The molecule has 0 spiro atoms. The Kier molecular flexibility index (Phi) is 8.04. The van der Waals surface area contributed by atoms with Crippen LogP contribution in [0.2, 0.25) is 18.6 Å². The Labute approximate surface area is 280 Å². The second kappa shape index (κ2) is 11.7. The van der Waals surface area contributed by atoms with E-state index < -0.39 is 8.24 Å². The monoisotopic (exact) mass is 628 g/mol. The predicted molar refractivity (Wildman–Crippen MR) is 201 cm³/mol. The Morgan fingerprint density at radius 2 is 1.37 bits per heavy atom. The van der Waals surface area contributed by atoms with Crippen LogP contribution >= 0.6 is 0 Å². The van der Waals surface area contributed by atoms with Gasteiger partial charge in [0.2, 0.25) is 0 Å². The Hall–Kier alpha value is -2.88. The van der Waals surface area contributed by atoms with Crippen LogP contribution in [0.1, 0.15) is 91.2 Å². The van der Waals surface area contributed by atoms with Crippen molar-refractivity contribution in [3.63, 3.8) is 0 Å². The largest absolute Gasteiger partial charge is 0.316 e. The summed E-state index contributed by atoms with van der Waals surface area (Å²) in [5.41, 5.74) is 10.6. The number of rotatable bonds is 6. The van der Waals surface area contributed by atoms with E-state index in [1.807, 2.05) is 0 Å². The zero-order valence-corrected chi connectivity index (χ0v) is 30.7. The maximum absolute atomic E-state index is 3.13. The smallest absolute Gasteiger partial charge is 0.127 e. The highest BCUT2D eigenvalue weighted by Gasteiger charge is 2.56. The molecule has 7 rings (SSSR count). The van der Waals surface area contributed by atoms with Crippen LogP contribution in [0, 0.1) is 17.8 Å². The second-order valence-electron chi connectivity index (χ2n) is 17.0. The Morgan fingerprint density at radius 1 is 0.761 bits per heavy atom. The Bertz CT molecular complexity index is 1580. The molecule has 4 unspecified atom stereocenters. The number of allylic oxidation sites excluding steroid dienone is 4. The van der Waals surface area contributed by atoms with Gasteiger partial charge in [0.05, 0.1) is 0 Å². The van der Waals surface area contributed by atoms with E-state index in [1.54, 1.807) is 5.57 Å². The van der Waals surface area contributed by atoms with Gasteiger partial charge in [-0.2, -0.15) is 0 Å². The third-order valence-electron chi connectivity index (χ3n) is 12.2. The normalized spacial score (nSPS) is 25.8. The van der Waals surface area contributed by atoms with Crippen LogP contribution in [0.5, 0.6) is 0 Å². The maximum Gasteiger partial charge on any atom is 0.127 e. The lowest BCUT2D eigenvalue weighted by Crippen LogP contribution is -2.65. The fourth-order valence-electron chi connectivity index (χ4n) is 10.9. The summed E-state index contributed by atoms with van der Waals surface area (Å²) in [6, 6.07) is 29.7. The first kappa shape index (κ1) is 31.7. The minimum absolute atomic E-state index is 0.0188. The fourth-order valence-corrected chi connectivity index (χ4v) is 16.9. The molecular weight excluding hydrogens is 573 g/mol. The molecule has 0 aromatic heterocycles. The van der Waals surface area contributed by atoms with Gasteiger partial charge >= 0.3 is 0 Å². The van der Waals surface area contributed by atoms with E-state index in [4.69, 9.17) is 0 Å². The molecule has 2 saturated carbocycles. The fraction of sp³-hybridized carbons (Fsp3) is 0.488. The molecule has 46 heavy (non-hydrogen) atoms. The lowest BCUT2D eigenvalue weighted by atomic mass is 9.76. The van der Waals surface area contributed by atoms with E-state index in [1.165, 1.54) is 72.3 Å². The standard InChI is InChI=1S/C43H56N2Si/c1-30-26-31-27-39-38(29-37(31)41(30)46(7,8)45(42(2,3)4)34-22-16-11-17-23-34)36-25-24-35(28-40(36)43(39,5)6)44(32-18-12-9-13-19-32)33-20-14-10-15-21-33/h9-10,12-15,18-21,24-25,27-31,34,37,41H,11,16-17,22-23,26H2,1-8H3. The molecule has 4 aliphatic carbocycles. The summed E-state index contributed by atoms with van der Waals surface area (Å²) < 4.78 is 3.13. The number of para-hydroxylation sites is 2. The number of hydrogen-bond acceptors (Lipinski definition) is 2. The van der Waals surface area contributed by atoms with Crippen molar-refractivity contribution in [1.82, 2.24) is 4.57 Å². The summed E-state index contributed by atoms with van der Waals surface area (Å²) in [5.74, 6) is 2.04. The van der Waals surface area contributed by atoms with E-state index >= 15 is 0 Å². The molecule has 0 aliphatic heterocycles. The average Bonchev–Trinajstić information content (AvgIpc) is 3.47. The molecule has 3 heteroatoms. The Morgan fingerprint density at radius 3 is 1.96 bits per heavy atom. The Balaban J connectivity index is 1.29. The molecule has 2 fully saturated rings. The first-order valence-electron chi connectivity index (χ1n) is 18.2. The minimum Gasteiger partial charge on any atom is -0.316 e. The molecular formula is C43H56N2Si. The zero-order valence-electron chi connectivity index (χ0n) is 29.7. The van der Waals surface area contributed by atoms with E-state index in [0.29, 0.717) is 11.8 Å². The van der Waals surface area contributed by atoms with Crippen LogP contribution in [0.25, 0.3) is 5.57 Å². The number of benzene rings is 3. The van der Waals surface area contributed by atoms with Crippen molar-refractivity contribution < 1.29 is 0 Å². The molecule has 4 aliphatic rings. The van der Waals surface area contributed by atoms with Gasteiger partial charge in [0.1, 0.15) is 8.24 Å². The van der Waals surface area contributed by atoms with Gasteiger partial charge in [-0.1, -0.05) is 108 Å². The van der Waals surface area contributed by atoms with Crippen LogP contribution in [-0.2, 0) is 5.41 Å². The summed E-state index contributed by atoms with van der Waals surface area (Å²) >= 11 is 0. The van der Waals surface area contributed by atoms with Crippen LogP contribution in [0.4, 0.5) is 17.1 Å². The van der Waals surface area contributed by atoms with Crippen molar-refractivity contribution >= 4 is 30.9 Å². The first-order chi connectivity index (χ1) is 21.9. The molecule has 3 aromatic rings. The third kappa shape index (κ3) is 5.26. The second-order valence-corrected chi connectivity index (χ2v) is 21.4. The molecule has 0 N–H and O–H groups in total. The van der Waals surface area contributed by atoms with Crippen molar-refractivity contribution in [3.05, 3.63) is 108 Å². The van der Waals surface area contributed by atoms with Crippen molar-refractivity contribution in [2.24, 2.45) is 17.8 Å². The van der Waals surface area contributed by atoms with Gasteiger partial charge in [-0.15, -0.1) is 0 Å². The lowest BCUT2D eigenvalue weighted by molar-refractivity contribution is 0.139. The molecule has 242 valence electrons. The summed E-state index contributed by atoms with van der Waals surface area (Å²) in [7, 11) is -1.81. The van der Waals surface area contributed by atoms with Gasteiger partial charge in [-0.05, 0) is 122 Å². The van der Waals surface area contributed by atoms with Gasteiger partial charge in [0, 0.05) is 34.1 Å². The van der Waals surface area contributed by atoms with Crippen LogP contribution in [0.3, 0.4) is 0 Å². The predicted octanol–water partition coefficient (Wildman–Crippen LogP) is 12.1. The maximum atomic E-state index is 3.13. The van der Waals surface area contributed by atoms with Gasteiger partial charge in [-0.25, -0.2) is 0 Å². The number of fused-ring (bicyclic) bond motifs is 4. The summed E-state index contributed by atoms with van der Waals surface area (Å²) in [6.45, 7) is 20.5. The molecule has 0 amide bonds. The molecule has 0 radical (unpaired) electrons. The highest BCUT2D eigenvalue weighted by Crippen LogP contribution is 2.61. The first-order valence-corrected chi connectivity index (χ1v) is 21.2. The topological polar surface area (TPSA) is 6.48 Å². The quantitative estimate of drug-likeness (QED) is 0.251. The van der Waals surface area contributed by atoms with Crippen LogP contribution in [-0.4, -0.2) is 24.4 Å². The van der Waals surface area contributed by atoms with E-state index in [-0.39, 0.29) is 11.0 Å². The number of hydrogen-bond donors (Lipinski definition) is 0. The van der Waals surface area contributed by atoms with Gasteiger partial charge in [0.15, 0.2) is 0 Å². The van der Waals surface area contributed by atoms with Crippen molar-refractivity contribution in [2.45, 2.75) is 116 Å². The zero-order chi connectivity index (χ0) is 32.4. The van der Waals surface area contributed by atoms with Gasteiger partial charge < -0.3 is 9.47 Å². The highest BCUT2D eigenvalue weighted by atomic mass is 28.3. The third-order valence-corrected chi connectivity index (χ3v) is 17.1. The molecule has 2 nitrogen and oxygen atoms in total. The van der Waals surface area contributed by atoms with E-state index in [0.717, 1.165) is 17.5 Å². The van der Waals surface area contributed by atoms with Crippen LogP contribution in [0.15, 0.2) is 96.6 Å². The average molecular weight is 629 g/mol. The number of nitrogens with zero attached hydrogens (tertiary/aromatic N) is 2. The van der Waals surface area contributed by atoms with E-state index in [9.17, 15) is 0 Å². The summed E-state index contributed by atoms with van der Waals surface area (Å²) in [4.78, 5) is 2.41. The van der Waals surface area contributed by atoms with Gasteiger partial charge in [-0.3, -0.25) is 0 Å². The lowest BCUT2D eigenvalue weighted by Gasteiger charge is -2.56. The SMILES string of the molecule is CC1CC2C=C3C(=CC2C1[Si](C)(C)N(C1CCCCC1)C(C)(C)C)c1ccc(N(c2ccccc2)c2ccccc2)cc1C3(C)C. The molecule has 0 bridgehead atoms. The highest BCUT2D eigenvalue weighted by molar-refractivity contribution is 6.76. The van der Waals surface area contributed by atoms with Gasteiger partial charge in [0.25, 0.3) is 0 Å². The van der Waals surface area contributed by atoms with Crippen molar-refractivity contribution in [1.29, 1.82) is 0 Å². The minimum atomic E-state index is -1.81. The van der Waals surface area contributed by atoms with Crippen molar-refractivity contribution in [3.8, 4) is 0 Å².